The monoisotopic (exact) mass is 546 g/mol. The first-order valence-corrected chi connectivity index (χ1v) is 14.3. The van der Waals surface area contributed by atoms with Gasteiger partial charge in [-0.15, -0.1) is 11.3 Å². The molecule has 1 aliphatic heterocycles. The van der Waals surface area contributed by atoms with Gasteiger partial charge in [-0.05, 0) is 32.3 Å². The van der Waals surface area contributed by atoms with Crippen LogP contribution in [0.2, 0.25) is 0 Å². The van der Waals surface area contributed by atoms with Crippen molar-refractivity contribution in [3.63, 3.8) is 0 Å². The van der Waals surface area contributed by atoms with Crippen LogP contribution in [0.3, 0.4) is 0 Å². The van der Waals surface area contributed by atoms with Crippen molar-refractivity contribution >= 4 is 49.9 Å². The number of benzene rings is 1. The smallest absolute Gasteiger partial charge is 0.272 e. The summed E-state index contributed by atoms with van der Waals surface area (Å²) in [5, 5.41) is 6.50. The van der Waals surface area contributed by atoms with E-state index in [1.165, 1.54) is 20.3 Å². The number of hydrogen-bond donors (Lipinski definition) is 1. The van der Waals surface area contributed by atoms with Gasteiger partial charge in [-0.1, -0.05) is 16.9 Å². The van der Waals surface area contributed by atoms with Crippen LogP contribution in [0, 0.1) is 6.92 Å². The second-order valence-corrected chi connectivity index (χ2v) is 12.5. The molecule has 10 nitrogen and oxygen atoms in total. The molecular weight excluding hydrogens is 524 g/mol. The lowest BCUT2D eigenvalue weighted by Gasteiger charge is -2.28. The number of nitrogens with one attached hydrogen (secondary N) is 1. The van der Waals surface area contributed by atoms with Gasteiger partial charge >= 0.3 is 0 Å². The van der Waals surface area contributed by atoms with E-state index in [1.54, 1.807) is 36.2 Å². The van der Waals surface area contributed by atoms with Crippen LogP contribution in [-0.2, 0) is 15.4 Å². The minimum Gasteiger partial charge on any atom is -0.495 e. The number of methoxy groups -OCH3 is 2. The highest BCUT2D eigenvalue weighted by Crippen LogP contribution is 2.61. The summed E-state index contributed by atoms with van der Waals surface area (Å²) in [6.45, 7) is 2.26. The van der Waals surface area contributed by atoms with E-state index in [-0.39, 0.29) is 27.8 Å². The molecule has 0 unspecified atom stereocenters. The second kappa shape index (κ2) is 8.53. The molecule has 1 aromatic carbocycles. The summed E-state index contributed by atoms with van der Waals surface area (Å²) in [5.41, 5.74) is 2.06. The molecule has 6 rings (SSSR count). The maximum Gasteiger partial charge on any atom is 0.272 e. The van der Waals surface area contributed by atoms with Gasteiger partial charge in [0.1, 0.15) is 16.9 Å². The van der Waals surface area contributed by atoms with Crippen LogP contribution in [0.15, 0.2) is 42.4 Å². The van der Waals surface area contributed by atoms with E-state index >= 15 is 0 Å². The lowest BCUT2D eigenvalue weighted by atomic mass is 9.89. The fraction of sp³-hybridized carbons (Fsp3) is 0.348. The zero-order chi connectivity index (χ0) is 25.1. The second-order valence-electron chi connectivity index (χ2n) is 8.67. The molecule has 0 saturated heterocycles. The molecule has 1 saturated carbocycles. The number of thiazole rings is 1. The highest BCUT2D eigenvalue weighted by atomic mass is 32.2. The number of sulfonamides is 1. The first-order chi connectivity index (χ1) is 17.3. The van der Waals surface area contributed by atoms with Crippen LogP contribution in [0.1, 0.15) is 30.5 Å². The number of pyridine rings is 1. The molecule has 2 aliphatic rings. The Bertz CT molecular complexity index is 1550. The molecule has 1 N–H and O–H groups in total. The van der Waals surface area contributed by atoms with Crippen LogP contribution in [0.25, 0.3) is 11.0 Å². The van der Waals surface area contributed by atoms with E-state index < -0.39 is 10.0 Å². The highest BCUT2D eigenvalue weighted by Gasteiger charge is 2.50. The molecule has 1 aliphatic carbocycles. The molecule has 4 aromatic rings. The predicted molar refractivity (Wildman–Crippen MR) is 134 cm³/mol. The number of rotatable bonds is 7. The van der Waals surface area contributed by atoms with Gasteiger partial charge in [0.2, 0.25) is 5.88 Å². The van der Waals surface area contributed by atoms with Crippen LogP contribution in [0.4, 0.5) is 5.82 Å². The number of ether oxygens (including phenoxy) is 3. The Kier molecular flexibility index (Phi) is 5.54. The van der Waals surface area contributed by atoms with E-state index in [1.807, 2.05) is 11.4 Å². The quantitative estimate of drug-likeness (QED) is 0.346. The molecule has 0 bridgehead atoms. The molecule has 0 amide bonds. The number of anilines is 1. The Labute approximate surface area is 215 Å². The summed E-state index contributed by atoms with van der Waals surface area (Å²) in [5.74, 6) is 0.672. The number of aromatic nitrogens is 3. The van der Waals surface area contributed by atoms with Gasteiger partial charge < -0.3 is 18.7 Å². The van der Waals surface area contributed by atoms with E-state index in [9.17, 15) is 8.42 Å². The summed E-state index contributed by atoms with van der Waals surface area (Å²) in [6.07, 6.45) is 4.78. The lowest BCUT2D eigenvalue weighted by Crippen LogP contribution is -2.21. The summed E-state index contributed by atoms with van der Waals surface area (Å²) in [6, 6.07) is 3.43. The van der Waals surface area contributed by atoms with E-state index in [0.717, 1.165) is 34.1 Å². The van der Waals surface area contributed by atoms with Crippen molar-refractivity contribution in [3.8, 4) is 17.4 Å². The highest BCUT2D eigenvalue weighted by molar-refractivity contribution is 8.01. The average molecular weight is 547 g/mol. The van der Waals surface area contributed by atoms with Gasteiger partial charge in [0.15, 0.2) is 20.6 Å². The van der Waals surface area contributed by atoms with E-state index in [0.29, 0.717) is 29.0 Å². The third kappa shape index (κ3) is 3.76. The van der Waals surface area contributed by atoms with Crippen molar-refractivity contribution in [1.82, 2.24) is 15.1 Å². The SMILES string of the molecule is COc1cc(C)nc(OC)c1S(=O)(=O)Nc1noc2cc(Sc3nccs3)c3c(c12)OCCC31CC1. The summed E-state index contributed by atoms with van der Waals surface area (Å²) in [4.78, 5) is 9.38. The Morgan fingerprint density at radius 3 is 2.72 bits per heavy atom. The predicted octanol–water partition coefficient (Wildman–Crippen LogP) is 4.77. The minimum absolute atomic E-state index is 0.0160. The van der Waals surface area contributed by atoms with Crippen molar-refractivity contribution in [2.45, 2.75) is 45.7 Å². The van der Waals surface area contributed by atoms with Gasteiger partial charge in [0.05, 0.1) is 20.8 Å². The molecule has 1 fully saturated rings. The standard InChI is InChI=1S/C23H22N4O6S3/c1-12-10-14(30-2)19(21(25-12)31-3)36(28,29)27-20-16-13(33-26-20)11-15(35-22-24-7-9-34-22)17-18(16)32-8-6-23(17)4-5-23/h7,9-11H,4-6,8H2,1-3H3,(H,26,27). The van der Waals surface area contributed by atoms with Crippen LogP contribution in [-0.4, -0.2) is 44.4 Å². The van der Waals surface area contributed by atoms with Crippen LogP contribution in [0.5, 0.6) is 17.4 Å². The van der Waals surface area contributed by atoms with Crippen LogP contribution >= 0.6 is 23.1 Å². The average Bonchev–Trinajstić information content (AvgIpc) is 3.23. The van der Waals surface area contributed by atoms with Crippen molar-refractivity contribution in [2.75, 3.05) is 25.5 Å². The molecule has 188 valence electrons. The Balaban J connectivity index is 1.49. The van der Waals surface area contributed by atoms with Crippen molar-refractivity contribution in [1.29, 1.82) is 0 Å². The first kappa shape index (κ1) is 23.4. The normalized spacial score (nSPS) is 16.0. The fourth-order valence-electron chi connectivity index (χ4n) is 4.64. The van der Waals surface area contributed by atoms with E-state index in [4.69, 9.17) is 18.7 Å². The van der Waals surface area contributed by atoms with Gasteiger partial charge in [-0.2, -0.15) is 0 Å². The molecule has 4 heterocycles. The van der Waals surface area contributed by atoms with Crippen molar-refractivity contribution in [3.05, 3.63) is 35.0 Å². The lowest BCUT2D eigenvalue weighted by molar-refractivity contribution is 0.261. The Hall–Kier alpha value is -3.03. The molecular formula is C23H22N4O6S3. The third-order valence-corrected chi connectivity index (χ3v) is 9.75. The molecule has 3 aromatic heterocycles. The van der Waals surface area contributed by atoms with Gasteiger partial charge in [0, 0.05) is 39.2 Å². The molecule has 13 heteroatoms. The van der Waals surface area contributed by atoms with Crippen molar-refractivity contribution in [2.24, 2.45) is 0 Å². The minimum atomic E-state index is -4.22. The third-order valence-electron chi connectivity index (χ3n) is 6.45. The number of hydrogen-bond acceptors (Lipinski definition) is 11. The zero-order valence-electron chi connectivity index (χ0n) is 19.7. The molecule has 36 heavy (non-hydrogen) atoms. The molecule has 1 spiro atoms. The zero-order valence-corrected chi connectivity index (χ0v) is 22.1. The van der Waals surface area contributed by atoms with Gasteiger partial charge in [-0.25, -0.2) is 18.4 Å². The number of nitrogens with zero attached hydrogens (tertiary/aromatic N) is 3. The summed E-state index contributed by atoms with van der Waals surface area (Å²) >= 11 is 3.11. The van der Waals surface area contributed by atoms with Gasteiger partial charge in [0.25, 0.3) is 10.0 Å². The van der Waals surface area contributed by atoms with E-state index in [2.05, 4.69) is 19.8 Å². The fourth-order valence-corrected chi connectivity index (χ4v) is 7.77. The molecule has 0 atom stereocenters. The Morgan fingerprint density at radius 1 is 1.19 bits per heavy atom. The number of fused-ring (bicyclic) bond motifs is 4. The number of aryl methyl sites for hydroxylation is 1. The molecule has 0 radical (unpaired) electrons. The topological polar surface area (TPSA) is 126 Å². The first-order valence-electron chi connectivity index (χ1n) is 11.1. The van der Waals surface area contributed by atoms with Crippen molar-refractivity contribution < 1.29 is 27.2 Å². The van der Waals surface area contributed by atoms with Gasteiger partial charge in [-0.3, -0.25) is 4.72 Å². The summed E-state index contributed by atoms with van der Waals surface area (Å²) < 4.78 is 53.0. The maximum atomic E-state index is 13.6. The van der Waals surface area contributed by atoms with Crippen LogP contribution < -0.4 is 18.9 Å². The Morgan fingerprint density at radius 2 is 2.03 bits per heavy atom. The maximum absolute atomic E-state index is 13.6. The summed E-state index contributed by atoms with van der Waals surface area (Å²) in [7, 11) is -1.48. The largest absolute Gasteiger partial charge is 0.495 e.